The summed E-state index contributed by atoms with van der Waals surface area (Å²) in [5.41, 5.74) is 0.555. The molecule has 1 saturated heterocycles. The molecule has 1 atom stereocenters. The average molecular weight is 292 g/mol. The van der Waals surface area contributed by atoms with Gasteiger partial charge in [0.05, 0.1) is 0 Å². The van der Waals surface area contributed by atoms with Gasteiger partial charge in [0.15, 0.2) is 11.5 Å². The van der Waals surface area contributed by atoms with E-state index >= 15 is 0 Å². The first-order valence-corrected chi connectivity index (χ1v) is 6.85. The number of carbonyl (C=O) groups excluding carboxylic acids is 1. The third-order valence-corrected chi connectivity index (χ3v) is 3.67. The molecule has 2 aliphatic heterocycles. The highest BCUT2D eigenvalue weighted by atomic mass is 16.7. The second kappa shape index (κ2) is 5.51. The molecule has 112 valence electrons. The predicted molar refractivity (Wildman–Crippen MR) is 73.6 cm³/mol. The van der Waals surface area contributed by atoms with E-state index in [-0.39, 0.29) is 6.79 Å². The molecule has 1 fully saturated rings. The van der Waals surface area contributed by atoms with Crippen molar-refractivity contribution >= 4 is 17.7 Å². The van der Waals surface area contributed by atoms with Gasteiger partial charge in [-0.15, -0.1) is 0 Å². The Kier molecular flexibility index (Phi) is 3.55. The maximum atomic E-state index is 12.3. The number of hydrogen-bond acceptors (Lipinski definition) is 4. The number of ether oxygens (including phenoxy) is 2. The molecule has 2 amide bonds. The Morgan fingerprint density at radius 1 is 1.24 bits per heavy atom. The van der Waals surface area contributed by atoms with E-state index in [0.717, 1.165) is 12.8 Å². The number of piperidine rings is 1. The number of aliphatic carboxylic acids is 1. The number of amides is 2. The number of benzene rings is 1. The Bertz CT molecular complexity index is 574. The Labute approximate surface area is 121 Å². The number of urea groups is 1. The molecule has 0 bridgehead atoms. The zero-order valence-electron chi connectivity index (χ0n) is 11.4. The van der Waals surface area contributed by atoms with Crippen LogP contribution in [-0.2, 0) is 4.79 Å². The summed E-state index contributed by atoms with van der Waals surface area (Å²) in [6, 6.07) is 3.92. The number of carboxylic acids is 1. The number of carboxylic acid groups (broad SMARTS) is 1. The van der Waals surface area contributed by atoms with Crippen LogP contribution in [0.3, 0.4) is 0 Å². The van der Waals surface area contributed by atoms with Gasteiger partial charge in [-0.3, -0.25) is 0 Å². The Morgan fingerprint density at radius 2 is 2.05 bits per heavy atom. The molecule has 0 radical (unpaired) electrons. The van der Waals surface area contributed by atoms with Crippen LogP contribution in [0.25, 0.3) is 0 Å². The van der Waals surface area contributed by atoms with Crippen LogP contribution in [0.4, 0.5) is 10.5 Å². The minimum atomic E-state index is -0.962. The number of carbonyl (C=O) groups is 2. The van der Waals surface area contributed by atoms with E-state index in [1.807, 2.05) is 0 Å². The summed E-state index contributed by atoms with van der Waals surface area (Å²) < 4.78 is 10.4. The highest BCUT2D eigenvalue weighted by molar-refractivity contribution is 5.92. The van der Waals surface area contributed by atoms with Gasteiger partial charge < -0.3 is 24.8 Å². The molecule has 1 aromatic rings. The summed E-state index contributed by atoms with van der Waals surface area (Å²) in [4.78, 5) is 24.9. The van der Waals surface area contributed by atoms with Crippen LogP contribution in [0.1, 0.15) is 19.3 Å². The van der Waals surface area contributed by atoms with Gasteiger partial charge in [-0.25, -0.2) is 9.59 Å². The van der Waals surface area contributed by atoms with E-state index < -0.39 is 18.0 Å². The molecule has 2 heterocycles. The molecule has 21 heavy (non-hydrogen) atoms. The molecule has 1 aromatic carbocycles. The molecule has 7 heteroatoms. The first kappa shape index (κ1) is 13.5. The second-order valence-electron chi connectivity index (χ2n) is 5.04. The zero-order chi connectivity index (χ0) is 14.8. The molecule has 7 nitrogen and oxygen atoms in total. The maximum Gasteiger partial charge on any atom is 0.326 e. The molecular formula is C14H16N2O5. The van der Waals surface area contributed by atoms with Gasteiger partial charge >= 0.3 is 12.0 Å². The third kappa shape index (κ3) is 2.72. The first-order valence-electron chi connectivity index (χ1n) is 6.85. The van der Waals surface area contributed by atoms with Crippen LogP contribution >= 0.6 is 0 Å². The Morgan fingerprint density at radius 3 is 2.86 bits per heavy atom. The molecule has 2 aliphatic rings. The normalized spacial score (nSPS) is 20.2. The molecule has 0 aliphatic carbocycles. The highest BCUT2D eigenvalue weighted by Crippen LogP contribution is 2.34. The molecular weight excluding hydrogens is 276 g/mol. The summed E-state index contributed by atoms with van der Waals surface area (Å²) in [6.45, 7) is 0.618. The fraction of sp³-hybridized carbons (Fsp3) is 0.429. The molecule has 0 spiro atoms. The van der Waals surface area contributed by atoms with E-state index in [1.54, 1.807) is 18.2 Å². The van der Waals surface area contributed by atoms with Gasteiger partial charge in [-0.2, -0.15) is 0 Å². The SMILES string of the molecule is O=C(O)C1CCCCN1C(=O)Nc1ccc2c(c1)OCO2. The van der Waals surface area contributed by atoms with Crippen LogP contribution in [-0.4, -0.2) is 41.4 Å². The van der Waals surface area contributed by atoms with E-state index in [2.05, 4.69) is 5.32 Å². The lowest BCUT2D eigenvalue weighted by Crippen LogP contribution is -2.49. The number of rotatable bonds is 2. The summed E-state index contributed by atoms with van der Waals surface area (Å²) in [5, 5.41) is 11.9. The van der Waals surface area contributed by atoms with Crippen LogP contribution in [0.15, 0.2) is 18.2 Å². The van der Waals surface area contributed by atoms with Crippen molar-refractivity contribution in [3.05, 3.63) is 18.2 Å². The van der Waals surface area contributed by atoms with Crippen molar-refractivity contribution in [2.24, 2.45) is 0 Å². The zero-order valence-corrected chi connectivity index (χ0v) is 11.4. The highest BCUT2D eigenvalue weighted by Gasteiger charge is 2.32. The molecule has 1 unspecified atom stereocenters. The fourth-order valence-electron chi connectivity index (χ4n) is 2.60. The van der Waals surface area contributed by atoms with Crippen molar-refractivity contribution in [3.8, 4) is 11.5 Å². The summed E-state index contributed by atoms with van der Waals surface area (Å²) >= 11 is 0. The average Bonchev–Trinajstić information content (AvgIpc) is 2.94. The van der Waals surface area contributed by atoms with E-state index in [9.17, 15) is 14.7 Å². The van der Waals surface area contributed by atoms with Crippen molar-refractivity contribution in [1.82, 2.24) is 4.90 Å². The van der Waals surface area contributed by atoms with Gasteiger partial charge in [0.2, 0.25) is 6.79 Å². The number of hydrogen-bond donors (Lipinski definition) is 2. The molecule has 0 aromatic heterocycles. The Hall–Kier alpha value is -2.44. The van der Waals surface area contributed by atoms with Gasteiger partial charge in [0.1, 0.15) is 6.04 Å². The van der Waals surface area contributed by atoms with Gasteiger partial charge in [-0.05, 0) is 31.4 Å². The van der Waals surface area contributed by atoms with Crippen LogP contribution in [0.2, 0.25) is 0 Å². The van der Waals surface area contributed by atoms with Crippen LogP contribution in [0, 0.1) is 0 Å². The number of anilines is 1. The number of nitrogens with one attached hydrogen (secondary N) is 1. The van der Waals surface area contributed by atoms with Crippen molar-refractivity contribution in [3.63, 3.8) is 0 Å². The van der Waals surface area contributed by atoms with E-state index in [0.29, 0.717) is 30.2 Å². The standard InChI is InChI=1S/C14H16N2O5/c17-13(18)10-3-1-2-6-16(10)14(19)15-9-4-5-11-12(7-9)21-8-20-11/h4-5,7,10H,1-3,6,8H2,(H,15,19)(H,17,18). The fourth-order valence-corrected chi connectivity index (χ4v) is 2.60. The monoisotopic (exact) mass is 292 g/mol. The summed E-state index contributed by atoms with van der Waals surface area (Å²) in [6.07, 6.45) is 2.13. The quantitative estimate of drug-likeness (QED) is 0.869. The van der Waals surface area contributed by atoms with Crippen LogP contribution < -0.4 is 14.8 Å². The van der Waals surface area contributed by atoms with E-state index in [1.165, 1.54) is 4.90 Å². The molecule has 3 rings (SSSR count). The minimum Gasteiger partial charge on any atom is -0.480 e. The molecule has 0 saturated carbocycles. The predicted octanol–water partition coefficient (Wildman–Crippen LogP) is 1.89. The number of fused-ring (bicyclic) bond motifs is 1. The number of nitrogens with zero attached hydrogens (tertiary/aromatic N) is 1. The van der Waals surface area contributed by atoms with Gasteiger partial charge in [0, 0.05) is 18.3 Å². The van der Waals surface area contributed by atoms with Crippen LogP contribution in [0.5, 0.6) is 11.5 Å². The lowest BCUT2D eigenvalue weighted by molar-refractivity contribution is -0.143. The lowest BCUT2D eigenvalue weighted by atomic mass is 10.0. The molecule has 2 N–H and O–H groups in total. The lowest BCUT2D eigenvalue weighted by Gasteiger charge is -2.32. The van der Waals surface area contributed by atoms with Gasteiger partial charge in [0.25, 0.3) is 0 Å². The van der Waals surface area contributed by atoms with Crippen molar-refractivity contribution in [2.75, 3.05) is 18.7 Å². The maximum absolute atomic E-state index is 12.3. The minimum absolute atomic E-state index is 0.167. The summed E-state index contributed by atoms with van der Waals surface area (Å²) in [5.74, 6) is 0.242. The van der Waals surface area contributed by atoms with Gasteiger partial charge in [-0.1, -0.05) is 0 Å². The van der Waals surface area contributed by atoms with Crippen molar-refractivity contribution in [2.45, 2.75) is 25.3 Å². The summed E-state index contributed by atoms with van der Waals surface area (Å²) in [7, 11) is 0. The largest absolute Gasteiger partial charge is 0.480 e. The van der Waals surface area contributed by atoms with E-state index in [4.69, 9.17) is 9.47 Å². The number of likely N-dealkylation sites (tertiary alicyclic amines) is 1. The second-order valence-corrected chi connectivity index (χ2v) is 5.04. The van der Waals surface area contributed by atoms with Crippen molar-refractivity contribution < 1.29 is 24.2 Å². The Balaban J connectivity index is 1.71. The third-order valence-electron chi connectivity index (χ3n) is 3.67. The smallest absolute Gasteiger partial charge is 0.326 e. The topological polar surface area (TPSA) is 88.1 Å². The van der Waals surface area contributed by atoms with Crippen molar-refractivity contribution in [1.29, 1.82) is 0 Å². The first-order chi connectivity index (χ1) is 10.1.